The average molecular weight is 311 g/mol. The summed E-state index contributed by atoms with van der Waals surface area (Å²) in [6.07, 6.45) is 2.03. The maximum atomic E-state index is 11.8. The van der Waals surface area contributed by atoms with Gasteiger partial charge in [0.25, 0.3) is 11.5 Å². The molecule has 104 valence electrons. The third-order valence-electron chi connectivity index (χ3n) is 2.73. The van der Waals surface area contributed by atoms with Crippen molar-refractivity contribution < 1.29 is 4.79 Å². The van der Waals surface area contributed by atoms with E-state index in [0.29, 0.717) is 23.6 Å². The first-order chi connectivity index (χ1) is 9.56. The highest BCUT2D eigenvalue weighted by atomic mass is 35.5. The Morgan fingerprint density at radius 1 is 1.20 bits per heavy atom. The van der Waals surface area contributed by atoms with Crippen LogP contribution in [0.1, 0.15) is 15.9 Å². The number of hydrogen-bond acceptors (Lipinski definition) is 2. The highest BCUT2D eigenvalue weighted by molar-refractivity contribution is 6.30. The molecule has 2 rings (SSSR count). The summed E-state index contributed by atoms with van der Waals surface area (Å²) >= 11 is 11.5. The monoisotopic (exact) mass is 310 g/mol. The van der Waals surface area contributed by atoms with Crippen molar-refractivity contribution in [3.05, 3.63) is 68.1 Å². The van der Waals surface area contributed by atoms with Crippen molar-refractivity contribution in [3.63, 3.8) is 0 Å². The molecule has 0 atom stereocenters. The number of aromatic amines is 1. The summed E-state index contributed by atoms with van der Waals surface area (Å²) in [5, 5.41) is 3.43. The lowest BCUT2D eigenvalue weighted by atomic mass is 10.1. The molecule has 6 heteroatoms. The Morgan fingerprint density at radius 3 is 2.55 bits per heavy atom. The summed E-state index contributed by atoms with van der Waals surface area (Å²) in [5.41, 5.74) is 0.990. The maximum absolute atomic E-state index is 11.8. The van der Waals surface area contributed by atoms with Crippen LogP contribution in [0.2, 0.25) is 10.0 Å². The van der Waals surface area contributed by atoms with Crippen molar-refractivity contribution in [3.8, 4) is 0 Å². The van der Waals surface area contributed by atoms with Crippen LogP contribution < -0.4 is 10.9 Å². The molecule has 0 aliphatic carbocycles. The SMILES string of the molecule is O=C(NCCc1ccc(Cl)cc1)c1c[nH]c(=O)c(Cl)c1. The molecule has 2 N–H and O–H groups in total. The van der Waals surface area contributed by atoms with Gasteiger partial charge in [-0.3, -0.25) is 9.59 Å². The van der Waals surface area contributed by atoms with Crippen molar-refractivity contribution >= 4 is 29.1 Å². The van der Waals surface area contributed by atoms with Crippen LogP contribution in [-0.2, 0) is 6.42 Å². The van der Waals surface area contributed by atoms with E-state index in [0.717, 1.165) is 5.56 Å². The molecule has 0 aliphatic heterocycles. The minimum atomic E-state index is -0.413. The van der Waals surface area contributed by atoms with Crippen molar-refractivity contribution in [1.82, 2.24) is 10.3 Å². The lowest BCUT2D eigenvalue weighted by molar-refractivity contribution is 0.0953. The van der Waals surface area contributed by atoms with E-state index in [-0.39, 0.29) is 10.9 Å². The van der Waals surface area contributed by atoms with Crippen LogP contribution in [0.5, 0.6) is 0 Å². The second kappa shape index (κ2) is 6.59. The highest BCUT2D eigenvalue weighted by Gasteiger charge is 2.07. The summed E-state index contributed by atoms with van der Waals surface area (Å²) in [6.45, 7) is 0.483. The van der Waals surface area contributed by atoms with Crippen LogP contribution in [0, 0.1) is 0 Å². The zero-order chi connectivity index (χ0) is 14.5. The Hall–Kier alpha value is -1.78. The van der Waals surface area contributed by atoms with Gasteiger partial charge in [0, 0.05) is 17.8 Å². The van der Waals surface area contributed by atoms with Gasteiger partial charge in [-0.05, 0) is 30.2 Å². The van der Waals surface area contributed by atoms with Gasteiger partial charge in [-0.15, -0.1) is 0 Å². The van der Waals surface area contributed by atoms with Crippen molar-refractivity contribution in [1.29, 1.82) is 0 Å². The minimum absolute atomic E-state index is 0.00430. The molecular formula is C14H12Cl2N2O2. The van der Waals surface area contributed by atoms with Crippen LogP contribution in [-0.4, -0.2) is 17.4 Å². The molecule has 1 heterocycles. The van der Waals surface area contributed by atoms with E-state index < -0.39 is 5.56 Å². The number of carbonyl (C=O) groups excluding carboxylic acids is 1. The fourth-order valence-electron chi connectivity index (χ4n) is 1.66. The molecule has 1 aromatic heterocycles. The molecule has 0 fully saturated rings. The van der Waals surface area contributed by atoms with Gasteiger partial charge in [-0.1, -0.05) is 35.3 Å². The number of halogens is 2. The lowest BCUT2D eigenvalue weighted by Gasteiger charge is -2.05. The molecule has 1 amide bonds. The van der Waals surface area contributed by atoms with Crippen LogP contribution in [0.3, 0.4) is 0 Å². The summed E-state index contributed by atoms with van der Waals surface area (Å²) in [4.78, 5) is 25.3. The Balaban J connectivity index is 1.90. The van der Waals surface area contributed by atoms with E-state index in [1.165, 1.54) is 12.3 Å². The quantitative estimate of drug-likeness (QED) is 0.912. The van der Waals surface area contributed by atoms with E-state index in [9.17, 15) is 9.59 Å². The molecule has 0 bridgehead atoms. The number of pyridine rings is 1. The molecule has 0 aliphatic rings. The van der Waals surface area contributed by atoms with E-state index in [4.69, 9.17) is 23.2 Å². The molecule has 20 heavy (non-hydrogen) atoms. The van der Waals surface area contributed by atoms with Crippen LogP contribution in [0.15, 0.2) is 41.3 Å². The summed E-state index contributed by atoms with van der Waals surface area (Å²) in [7, 11) is 0. The van der Waals surface area contributed by atoms with E-state index in [1.54, 1.807) is 12.1 Å². The van der Waals surface area contributed by atoms with Gasteiger partial charge in [0.2, 0.25) is 0 Å². The third kappa shape index (κ3) is 3.85. The molecule has 0 spiro atoms. The number of nitrogens with one attached hydrogen (secondary N) is 2. The smallest absolute Gasteiger partial charge is 0.266 e. The zero-order valence-corrected chi connectivity index (χ0v) is 12.0. The fraction of sp³-hybridized carbons (Fsp3) is 0.143. The number of hydrogen-bond donors (Lipinski definition) is 2. The lowest BCUT2D eigenvalue weighted by Crippen LogP contribution is -2.26. The number of carbonyl (C=O) groups is 1. The molecule has 0 unspecified atom stereocenters. The Labute approximate surface area is 125 Å². The van der Waals surface area contributed by atoms with Crippen molar-refractivity contribution in [2.45, 2.75) is 6.42 Å². The molecule has 1 aromatic carbocycles. The number of amides is 1. The number of aromatic nitrogens is 1. The third-order valence-corrected chi connectivity index (χ3v) is 3.27. The standard InChI is InChI=1S/C14H12Cl2N2O2/c15-11-3-1-9(2-4-11)5-6-17-13(19)10-7-12(16)14(20)18-8-10/h1-4,7-8H,5-6H2,(H,17,19)(H,18,20). The van der Waals surface area contributed by atoms with Crippen molar-refractivity contribution in [2.75, 3.05) is 6.54 Å². The normalized spacial score (nSPS) is 10.3. The molecule has 2 aromatic rings. The van der Waals surface area contributed by atoms with Crippen LogP contribution in [0.25, 0.3) is 0 Å². The predicted molar refractivity (Wildman–Crippen MR) is 79.6 cm³/mol. The molecular weight excluding hydrogens is 299 g/mol. The number of rotatable bonds is 4. The second-order valence-corrected chi connectivity index (χ2v) is 5.04. The van der Waals surface area contributed by atoms with Gasteiger partial charge in [0.15, 0.2) is 0 Å². The van der Waals surface area contributed by atoms with E-state index in [1.807, 2.05) is 12.1 Å². The first-order valence-corrected chi connectivity index (χ1v) is 6.73. The van der Waals surface area contributed by atoms with Gasteiger partial charge in [0.05, 0.1) is 5.56 Å². The van der Waals surface area contributed by atoms with E-state index >= 15 is 0 Å². The topological polar surface area (TPSA) is 62.0 Å². The van der Waals surface area contributed by atoms with Gasteiger partial charge in [-0.25, -0.2) is 0 Å². The van der Waals surface area contributed by atoms with Crippen molar-refractivity contribution in [2.24, 2.45) is 0 Å². The Morgan fingerprint density at radius 2 is 1.90 bits per heavy atom. The fourth-order valence-corrected chi connectivity index (χ4v) is 1.96. The van der Waals surface area contributed by atoms with Crippen LogP contribution >= 0.6 is 23.2 Å². The minimum Gasteiger partial charge on any atom is -0.352 e. The molecule has 0 saturated heterocycles. The van der Waals surface area contributed by atoms with Gasteiger partial charge < -0.3 is 10.3 Å². The van der Waals surface area contributed by atoms with Gasteiger partial charge in [-0.2, -0.15) is 0 Å². The number of benzene rings is 1. The summed E-state index contributed by atoms with van der Waals surface area (Å²) < 4.78 is 0. The first-order valence-electron chi connectivity index (χ1n) is 5.97. The molecule has 0 radical (unpaired) electrons. The second-order valence-electron chi connectivity index (χ2n) is 4.20. The first kappa shape index (κ1) is 14.6. The Bertz CT molecular complexity index is 666. The Kier molecular flexibility index (Phi) is 4.82. The largest absolute Gasteiger partial charge is 0.352 e. The van der Waals surface area contributed by atoms with E-state index in [2.05, 4.69) is 10.3 Å². The summed E-state index contributed by atoms with van der Waals surface area (Å²) in [5.74, 6) is -0.280. The predicted octanol–water partition coefficient (Wildman–Crippen LogP) is 2.65. The maximum Gasteiger partial charge on any atom is 0.266 e. The summed E-state index contributed by atoms with van der Waals surface area (Å²) in [6, 6.07) is 8.77. The molecule has 0 saturated carbocycles. The van der Waals surface area contributed by atoms with Gasteiger partial charge in [0.1, 0.15) is 5.02 Å². The highest BCUT2D eigenvalue weighted by Crippen LogP contribution is 2.09. The number of H-pyrrole nitrogens is 1. The van der Waals surface area contributed by atoms with Gasteiger partial charge >= 0.3 is 0 Å². The molecule has 4 nitrogen and oxygen atoms in total. The van der Waals surface area contributed by atoms with Crippen LogP contribution in [0.4, 0.5) is 0 Å². The zero-order valence-electron chi connectivity index (χ0n) is 10.5. The average Bonchev–Trinajstić information content (AvgIpc) is 2.44.